The zero-order valence-corrected chi connectivity index (χ0v) is 21.0. The third-order valence-corrected chi connectivity index (χ3v) is 6.92. The van der Waals surface area contributed by atoms with Crippen molar-refractivity contribution < 1.29 is 0 Å². The van der Waals surface area contributed by atoms with Gasteiger partial charge in [0.2, 0.25) is 5.28 Å². The van der Waals surface area contributed by atoms with E-state index in [2.05, 4.69) is 62.4 Å². The summed E-state index contributed by atoms with van der Waals surface area (Å²) in [6, 6.07) is 1.13. The first-order valence-corrected chi connectivity index (χ1v) is 13.0. The fourth-order valence-electron chi connectivity index (χ4n) is 3.52. The Morgan fingerprint density at radius 2 is 1.34 bits per heavy atom. The normalized spacial score (nSPS) is 17.1. The third kappa shape index (κ3) is 7.22. The minimum atomic E-state index is 0.286. The first kappa shape index (κ1) is 23.0. The van der Waals surface area contributed by atoms with Crippen molar-refractivity contribution in [3.8, 4) is 0 Å². The molecule has 2 aliphatic carbocycles. The van der Waals surface area contributed by atoms with E-state index in [1.807, 2.05) is 12.5 Å². The van der Waals surface area contributed by atoms with Crippen LogP contribution in [0, 0.1) is 0 Å². The average molecular weight is 565 g/mol. The molecule has 2 heterocycles. The molecule has 0 unspecified atom stereocenters. The van der Waals surface area contributed by atoms with E-state index in [1.54, 1.807) is 18.0 Å². The second-order valence-corrected chi connectivity index (χ2v) is 9.96. The summed E-state index contributed by atoms with van der Waals surface area (Å²) in [7, 11) is 0. The SMILES string of the molecule is CSc1ncc(Br)c(NC2CCCC2)n1.Clc1ncc(Br)c(NC2CCCC2)n1. The van der Waals surface area contributed by atoms with Gasteiger partial charge in [-0.05, 0) is 75.4 Å². The second kappa shape index (κ2) is 11.7. The van der Waals surface area contributed by atoms with Gasteiger partial charge in [0.05, 0.1) is 8.95 Å². The van der Waals surface area contributed by atoms with Crippen molar-refractivity contribution in [1.82, 2.24) is 19.9 Å². The van der Waals surface area contributed by atoms with Crippen molar-refractivity contribution in [1.29, 1.82) is 0 Å². The van der Waals surface area contributed by atoms with Crippen LogP contribution in [0.25, 0.3) is 0 Å². The summed E-state index contributed by atoms with van der Waals surface area (Å²) in [5.74, 6) is 1.73. The summed E-state index contributed by atoms with van der Waals surface area (Å²) < 4.78 is 1.82. The molecular weight excluding hydrogens is 540 g/mol. The molecule has 2 aliphatic rings. The fraction of sp³-hybridized carbons (Fsp3) is 0.579. The maximum absolute atomic E-state index is 5.72. The van der Waals surface area contributed by atoms with Crippen LogP contribution in [0.1, 0.15) is 51.4 Å². The number of hydrogen-bond donors (Lipinski definition) is 2. The Labute approximate surface area is 198 Å². The maximum atomic E-state index is 5.72. The largest absolute Gasteiger partial charge is 0.366 e. The lowest BCUT2D eigenvalue weighted by Crippen LogP contribution is -2.16. The van der Waals surface area contributed by atoms with Crippen LogP contribution in [0.15, 0.2) is 26.5 Å². The number of nitrogens with one attached hydrogen (secondary N) is 2. The third-order valence-electron chi connectivity index (χ3n) is 5.01. The number of aromatic nitrogens is 4. The van der Waals surface area contributed by atoms with Gasteiger partial charge in [-0.3, -0.25) is 0 Å². The zero-order valence-electron chi connectivity index (χ0n) is 16.3. The van der Waals surface area contributed by atoms with Gasteiger partial charge in [0.1, 0.15) is 11.6 Å². The molecular formula is C19H25Br2ClN6S. The minimum Gasteiger partial charge on any atom is -0.366 e. The van der Waals surface area contributed by atoms with Gasteiger partial charge in [0, 0.05) is 24.5 Å². The highest BCUT2D eigenvalue weighted by Crippen LogP contribution is 2.27. The fourth-order valence-corrected chi connectivity index (χ4v) is 4.61. The molecule has 0 spiro atoms. The summed E-state index contributed by atoms with van der Waals surface area (Å²) in [5.41, 5.74) is 0. The predicted octanol–water partition coefficient (Wildman–Crippen LogP) is 6.56. The van der Waals surface area contributed by atoms with E-state index in [1.165, 1.54) is 51.4 Å². The lowest BCUT2D eigenvalue weighted by Gasteiger charge is -2.13. The monoisotopic (exact) mass is 562 g/mol. The van der Waals surface area contributed by atoms with Crippen molar-refractivity contribution in [2.24, 2.45) is 0 Å². The molecule has 4 rings (SSSR count). The van der Waals surface area contributed by atoms with Crippen molar-refractivity contribution >= 4 is 66.9 Å². The van der Waals surface area contributed by atoms with E-state index in [0.717, 1.165) is 25.7 Å². The molecule has 2 saturated carbocycles. The molecule has 6 nitrogen and oxygen atoms in total. The molecule has 10 heteroatoms. The van der Waals surface area contributed by atoms with Crippen LogP contribution in [-0.4, -0.2) is 38.3 Å². The van der Waals surface area contributed by atoms with Crippen LogP contribution < -0.4 is 10.6 Å². The molecule has 0 bridgehead atoms. The van der Waals surface area contributed by atoms with Crippen LogP contribution in [0.4, 0.5) is 11.6 Å². The number of nitrogens with zero attached hydrogens (tertiary/aromatic N) is 4. The molecule has 2 fully saturated rings. The first-order valence-electron chi connectivity index (χ1n) is 9.83. The lowest BCUT2D eigenvalue weighted by atomic mass is 10.2. The number of thioether (sulfide) groups is 1. The smallest absolute Gasteiger partial charge is 0.224 e. The Bertz CT molecular complexity index is 800. The van der Waals surface area contributed by atoms with Gasteiger partial charge >= 0.3 is 0 Å². The molecule has 0 aromatic carbocycles. The van der Waals surface area contributed by atoms with Crippen LogP contribution in [0.3, 0.4) is 0 Å². The molecule has 0 amide bonds. The number of anilines is 2. The summed E-state index contributed by atoms with van der Waals surface area (Å²) in [5, 5.41) is 7.94. The standard InChI is InChI=1S/C10H14BrN3S.C9H11BrClN3/c1-15-10-12-6-8(11)9(14-10)13-7-4-2-3-5-7;10-7-5-12-9(11)14-8(7)13-6-3-1-2-4-6/h6-7H,2-5H2,1H3,(H,12,13,14);5-6H,1-4H2,(H,12,13,14). The summed E-state index contributed by atoms with van der Waals surface area (Å²) in [6.45, 7) is 0. The Morgan fingerprint density at radius 1 is 0.862 bits per heavy atom. The van der Waals surface area contributed by atoms with Crippen LogP contribution in [-0.2, 0) is 0 Å². The molecule has 0 radical (unpaired) electrons. The van der Waals surface area contributed by atoms with Crippen LogP contribution in [0.2, 0.25) is 5.28 Å². The maximum Gasteiger partial charge on any atom is 0.224 e. The molecule has 0 atom stereocenters. The van der Waals surface area contributed by atoms with E-state index in [-0.39, 0.29) is 5.28 Å². The Hall–Kier alpha value is -0.640. The van der Waals surface area contributed by atoms with Gasteiger partial charge in [-0.2, -0.15) is 4.98 Å². The average Bonchev–Trinajstić information content (AvgIpc) is 3.41. The number of hydrogen-bond acceptors (Lipinski definition) is 7. The van der Waals surface area contributed by atoms with Gasteiger partial charge in [0.25, 0.3) is 0 Å². The quantitative estimate of drug-likeness (QED) is 0.315. The Kier molecular flexibility index (Phi) is 9.27. The topological polar surface area (TPSA) is 75.6 Å². The molecule has 2 aromatic heterocycles. The molecule has 2 N–H and O–H groups in total. The summed E-state index contributed by atoms with van der Waals surface area (Å²) in [6.07, 6.45) is 15.7. The highest BCUT2D eigenvalue weighted by Gasteiger charge is 2.17. The number of rotatable bonds is 5. The molecule has 0 saturated heterocycles. The van der Waals surface area contributed by atoms with E-state index in [0.29, 0.717) is 12.1 Å². The zero-order chi connectivity index (χ0) is 20.6. The van der Waals surface area contributed by atoms with Crippen molar-refractivity contribution in [3.05, 3.63) is 26.6 Å². The number of halogens is 3. The second-order valence-electron chi connectivity index (χ2n) is 7.14. The van der Waals surface area contributed by atoms with Crippen molar-refractivity contribution in [2.75, 3.05) is 16.9 Å². The van der Waals surface area contributed by atoms with Gasteiger partial charge < -0.3 is 10.6 Å². The van der Waals surface area contributed by atoms with Crippen LogP contribution >= 0.6 is 55.2 Å². The molecule has 2 aromatic rings. The lowest BCUT2D eigenvalue weighted by molar-refractivity contribution is 0.744. The van der Waals surface area contributed by atoms with Gasteiger partial charge in [-0.15, -0.1) is 0 Å². The van der Waals surface area contributed by atoms with E-state index >= 15 is 0 Å². The summed E-state index contributed by atoms with van der Waals surface area (Å²) in [4.78, 5) is 16.7. The minimum absolute atomic E-state index is 0.286. The van der Waals surface area contributed by atoms with Crippen molar-refractivity contribution in [3.63, 3.8) is 0 Å². The Morgan fingerprint density at radius 3 is 1.86 bits per heavy atom. The summed E-state index contributed by atoms with van der Waals surface area (Å²) >= 11 is 14.1. The van der Waals surface area contributed by atoms with E-state index in [4.69, 9.17) is 11.6 Å². The predicted molar refractivity (Wildman–Crippen MR) is 128 cm³/mol. The molecule has 0 aliphatic heterocycles. The first-order chi connectivity index (χ1) is 14.0. The molecule has 29 heavy (non-hydrogen) atoms. The van der Waals surface area contributed by atoms with Gasteiger partial charge in [-0.25, -0.2) is 15.0 Å². The molecule has 158 valence electrons. The van der Waals surface area contributed by atoms with Gasteiger partial charge in [0.15, 0.2) is 5.16 Å². The van der Waals surface area contributed by atoms with E-state index < -0.39 is 0 Å². The Balaban J connectivity index is 0.000000166. The highest BCUT2D eigenvalue weighted by molar-refractivity contribution is 9.11. The van der Waals surface area contributed by atoms with E-state index in [9.17, 15) is 0 Å². The van der Waals surface area contributed by atoms with Gasteiger partial charge in [-0.1, -0.05) is 37.4 Å². The van der Waals surface area contributed by atoms with Crippen LogP contribution in [0.5, 0.6) is 0 Å². The van der Waals surface area contributed by atoms with Crippen molar-refractivity contribution in [2.45, 2.75) is 68.6 Å². The highest BCUT2D eigenvalue weighted by atomic mass is 79.9.